The van der Waals surface area contributed by atoms with Crippen molar-refractivity contribution < 1.29 is 123 Å². The summed E-state index contributed by atoms with van der Waals surface area (Å²) in [5, 5.41) is 22.8. The van der Waals surface area contributed by atoms with Gasteiger partial charge < -0.3 is 36.9 Å². The predicted molar refractivity (Wildman–Crippen MR) is 87.2 cm³/mol. The summed E-state index contributed by atoms with van der Waals surface area (Å²) in [4.78, 5) is 2.48. The summed E-state index contributed by atoms with van der Waals surface area (Å²) in [6.07, 6.45) is -12.4. The van der Waals surface area contributed by atoms with Crippen LogP contribution in [-0.2, 0) is 37.8 Å². The molecular formula is C15H8F6Na2O8S2. The van der Waals surface area contributed by atoms with Gasteiger partial charge in [0.1, 0.15) is 15.9 Å². The molecule has 0 spiro atoms. The minimum atomic E-state index is -6.18. The molecule has 0 amide bonds. The van der Waals surface area contributed by atoms with Crippen LogP contribution in [0.4, 0.5) is 26.3 Å². The molecule has 8 nitrogen and oxygen atoms in total. The van der Waals surface area contributed by atoms with E-state index in [0.717, 1.165) is 0 Å². The summed E-state index contributed by atoms with van der Waals surface area (Å²) in [7, 11) is -5.66. The molecule has 2 rings (SSSR count). The number of alkyl halides is 6. The normalized spacial score (nSPS) is 12.5. The van der Waals surface area contributed by atoms with E-state index in [1.165, 1.54) is 0 Å². The molecule has 0 aliphatic heterocycles. The SMILES string of the molecule is O=S(=O)([O-])c1cc(C(c2ccc(O)c(OOO[S-])c2)(C(F)(F)F)C(F)(F)F)ccc1O.[Na+].[Na+]. The van der Waals surface area contributed by atoms with Crippen LogP contribution in [-0.4, -0.2) is 35.5 Å². The molecule has 172 valence electrons. The molecule has 0 heterocycles. The minimum Gasteiger partial charge on any atom is -0.744 e. The Kier molecular flexibility index (Phi) is 11.4. The molecule has 0 aliphatic carbocycles. The average molecular weight is 540 g/mol. The molecule has 0 fully saturated rings. The Labute approximate surface area is 231 Å². The maximum atomic E-state index is 14.1. The van der Waals surface area contributed by atoms with Gasteiger partial charge in [-0.3, -0.25) is 0 Å². The number of phenols is 2. The number of hydrogen-bond donors (Lipinski definition) is 2. The zero-order valence-electron chi connectivity index (χ0n) is 16.4. The van der Waals surface area contributed by atoms with Gasteiger partial charge in [0.25, 0.3) is 0 Å². The molecule has 33 heavy (non-hydrogen) atoms. The van der Waals surface area contributed by atoms with Crippen molar-refractivity contribution in [3.8, 4) is 17.2 Å². The molecule has 0 radical (unpaired) electrons. The summed E-state index contributed by atoms with van der Waals surface area (Å²) in [5.74, 6) is -3.40. The number of halogens is 6. The third-order valence-corrected chi connectivity index (χ3v) is 4.98. The van der Waals surface area contributed by atoms with E-state index in [4.69, 9.17) is 0 Å². The topological polar surface area (TPSA) is 125 Å². The third-order valence-electron chi connectivity index (χ3n) is 4.06. The molecule has 18 heteroatoms. The van der Waals surface area contributed by atoms with Crippen LogP contribution in [0.25, 0.3) is 0 Å². The molecule has 2 N–H and O–H groups in total. The summed E-state index contributed by atoms with van der Waals surface area (Å²) >= 11 is 3.86. The Hall–Kier alpha value is -0.400. The van der Waals surface area contributed by atoms with Gasteiger partial charge >= 0.3 is 71.5 Å². The summed E-state index contributed by atoms with van der Waals surface area (Å²) in [6, 6.07) is 0.808. The van der Waals surface area contributed by atoms with E-state index in [0.29, 0.717) is 6.07 Å². The van der Waals surface area contributed by atoms with E-state index < -0.39 is 61.2 Å². The van der Waals surface area contributed by atoms with Gasteiger partial charge in [0.15, 0.2) is 5.75 Å². The Morgan fingerprint density at radius 3 is 1.73 bits per heavy atom. The van der Waals surface area contributed by atoms with Crippen molar-refractivity contribution in [1.29, 1.82) is 0 Å². The van der Waals surface area contributed by atoms with E-state index in [1.54, 1.807) is 0 Å². The number of rotatable bonds is 6. The number of hydrogen-bond acceptors (Lipinski definition) is 9. The van der Waals surface area contributed by atoms with Crippen LogP contribution >= 0.6 is 0 Å². The fourth-order valence-corrected chi connectivity index (χ4v) is 3.42. The van der Waals surface area contributed by atoms with Crippen LogP contribution in [0, 0.1) is 0 Å². The van der Waals surface area contributed by atoms with Crippen molar-refractivity contribution in [3.05, 3.63) is 47.5 Å². The van der Waals surface area contributed by atoms with Gasteiger partial charge in [0, 0.05) is 0 Å². The molecule has 0 aliphatic rings. The first-order chi connectivity index (χ1) is 14.1. The quantitative estimate of drug-likeness (QED) is 0.0994. The fraction of sp³-hybridized carbons (Fsp3) is 0.200. The van der Waals surface area contributed by atoms with Crippen LogP contribution in [0.3, 0.4) is 0 Å². The van der Waals surface area contributed by atoms with E-state index in [-0.39, 0.29) is 89.4 Å². The molecule has 0 aromatic heterocycles. The van der Waals surface area contributed by atoms with Crippen LogP contribution in [0.15, 0.2) is 41.3 Å². The Bertz CT molecular complexity index is 1070. The maximum absolute atomic E-state index is 14.1. The summed E-state index contributed by atoms with van der Waals surface area (Å²) in [5.41, 5.74) is -8.32. The summed E-state index contributed by atoms with van der Waals surface area (Å²) < 4.78 is 122. The smallest absolute Gasteiger partial charge is 0.744 e. The van der Waals surface area contributed by atoms with Crippen LogP contribution < -0.4 is 64.0 Å². The van der Waals surface area contributed by atoms with Crippen molar-refractivity contribution in [1.82, 2.24) is 0 Å². The van der Waals surface area contributed by atoms with Crippen molar-refractivity contribution in [2.75, 3.05) is 0 Å². The van der Waals surface area contributed by atoms with Gasteiger partial charge in [0.05, 0.1) is 4.90 Å². The minimum absolute atomic E-state index is 0. The number of phenolic OH excluding ortho intramolecular Hbond substituents is 2. The van der Waals surface area contributed by atoms with Crippen molar-refractivity contribution in [2.24, 2.45) is 0 Å². The molecule has 0 saturated heterocycles. The van der Waals surface area contributed by atoms with Crippen LogP contribution in [0.5, 0.6) is 17.2 Å². The van der Waals surface area contributed by atoms with Gasteiger partial charge in [-0.25, -0.2) is 8.42 Å². The van der Waals surface area contributed by atoms with Gasteiger partial charge in [0.2, 0.25) is 11.2 Å². The maximum Gasteiger partial charge on any atom is 1.00 e. The van der Waals surface area contributed by atoms with E-state index in [9.17, 15) is 49.5 Å². The van der Waals surface area contributed by atoms with Gasteiger partial charge in [-0.05, 0) is 40.4 Å². The summed E-state index contributed by atoms with van der Waals surface area (Å²) in [6.45, 7) is 0. The molecule has 2 aromatic carbocycles. The second kappa shape index (κ2) is 11.6. The fourth-order valence-electron chi connectivity index (χ4n) is 2.79. The van der Waals surface area contributed by atoms with Crippen molar-refractivity contribution >= 4 is 23.0 Å². The zero-order valence-corrected chi connectivity index (χ0v) is 22.0. The Morgan fingerprint density at radius 2 is 1.30 bits per heavy atom. The second-order valence-electron chi connectivity index (χ2n) is 5.78. The van der Waals surface area contributed by atoms with Crippen molar-refractivity contribution in [2.45, 2.75) is 22.7 Å². The first-order valence-corrected chi connectivity index (χ1v) is 9.21. The van der Waals surface area contributed by atoms with Gasteiger partial charge in [-0.2, -0.15) is 26.3 Å². The van der Waals surface area contributed by atoms with E-state index in [2.05, 4.69) is 27.2 Å². The molecular weight excluding hydrogens is 532 g/mol. The average Bonchev–Trinajstić information content (AvgIpc) is 2.60. The molecule has 0 bridgehead atoms. The van der Waals surface area contributed by atoms with Crippen LogP contribution in [0.1, 0.15) is 11.1 Å². The Morgan fingerprint density at radius 1 is 0.848 bits per heavy atom. The predicted octanol–water partition coefficient (Wildman–Crippen LogP) is -2.88. The molecule has 0 saturated carbocycles. The second-order valence-corrected chi connectivity index (χ2v) is 7.27. The number of benzene rings is 2. The van der Waals surface area contributed by atoms with Gasteiger partial charge in [-0.1, -0.05) is 12.1 Å². The third kappa shape index (κ3) is 6.43. The zero-order chi connectivity index (χ0) is 23.8. The number of aromatic hydroxyl groups is 2. The first-order valence-electron chi connectivity index (χ1n) is 7.47. The van der Waals surface area contributed by atoms with Gasteiger partial charge in [-0.15, -0.1) is 0 Å². The molecule has 0 atom stereocenters. The van der Waals surface area contributed by atoms with Crippen LogP contribution in [0.2, 0.25) is 0 Å². The first kappa shape index (κ1) is 32.6. The largest absolute Gasteiger partial charge is 1.00 e. The van der Waals surface area contributed by atoms with E-state index >= 15 is 0 Å². The monoisotopic (exact) mass is 540 g/mol. The van der Waals surface area contributed by atoms with Crippen molar-refractivity contribution in [3.63, 3.8) is 0 Å². The standard InChI is InChI=1S/C15H10F6O8S2.2Na/c16-14(17,18)13(15(19,20)21,7-1-3-9(22)11(5-7)27-28-29-30)8-2-4-10(23)12(6-8)31(24,25)26;;/h1-6,22-23,30H,(H,24,25,26);;/q;2*+1/p-2. The molecule has 2 aromatic rings. The molecule has 0 unspecified atom stereocenters. The Balaban J connectivity index is 0.00000512. The van der Waals surface area contributed by atoms with E-state index in [1.807, 2.05) is 0 Å².